The van der Waals surface area contributed by atoms with Gasteiger partial charge in [-0.3, -0.25) is 4.79 Å². The first kappa shape index (κ1) is 15.4. The summed E-state index contributed by atoms with van der Waals surface area (Å²) in [6, 6.07) is 18.4. The first-order valence-electron chi connectivity index (χ1n) is 7.48. The molecule has 0 saturated carbocycles. The highest BCUT2D eigenvalue weighted by Crippen LogP contribution is 2.23. The van der Waals surface area contributed by atoms with Crippen molar-refractivity contribution in [1.29, 1.82) is 0 Å². The molecule has 116 valence electrons. The average Bonchev–Trinajstić information content (AvgIpc) is 2.64. The van der Waals surface area contributed by atoms with E-state index in [2.05, 4.69) is 15.1 Å². The van der Waals surface area contributed by atoms with Crippen molar-refractivity contribution in [1.82, 2.24) is 4.98 Å². The lowest BCUT2D eigenvalue weighted by molar-refractivity contribution is 0.102. The third-order valence-electron chi connectivity index (χ3n) is 3.63. The molecule has 3 aromatic rings. The van der Waals surface area contributed by atoms with Crippen molar-refractivity contribution < 1.29 is 4.79 Å². The van der Waals surface area contributed by atoms with Crippen molar-refractivity contribution in [3.05, 3.63) is 89.4 Å². The highest BCUT2D eigenvalue weighted by atomic mass is 16.1. The van der Waals surface area contributed by atoms with Gasteiger partial charge >= 0.3 is 0 Å². The summed E-state index contributed by atoms with van der Waals surface area (Å²) in [5.74, 6) is 0.339. The Balaban J connectivity index is 1.74. The second kappa shape index (κ2) is 6.76. The number of anilines is 1. The number of nitrogens with zero attached hydrogens (tertiary/aromatic N) is 2. The molecule has 0 fully saturated rings. The monoisotopic (exact) mass is 313 g/mol. The van der Waals surface area contributed by atoms with E-state index in [9.17, 15) is 4.79 Å². The Morgan fingerprint density at radius 2 is 1.58 bits per heavy atom. The maximum absolute atomic E-state index is 12.2. The van der Waals surface area contributed by atoms with Gasteiger partial charge in [0.2, 0.25) is 0 Å². The second-order valence-electron chi connectivity index (χ2n) is 5.41. The van der Waals surface area contributed by atoms with Crippen molar-refractivity contribution in [3.63, 3.8) is 0 Å². The molecule has 2 aromatic carbocycles. The highest BCUT2D eigenvalue weighted by molar-refractivity contribution is 6.04. The Morgan fingerprint density at radius 1 is 0.958 bits per heavy atom. The Morgan fingerprint density at radius 3 is 2.12 bits per heavy atom. The summed E-state index contributed by atoms with van der Waals surface area (Å²) in [6.07, 6.45) is 1.71. The SMILES string of the molecule is [C-]#[N+]c1ccc(-c2ccc(C(=O)Nc3ccc(C)cn3)cc2)cc1. The number of aryl methyl sites for hydroxylation is 1. The van der Waals surface area contributed by atoms with E-state index in [0.29, 0.717) is 17.1 Å². The lowest BCUT2D eigenvalue weighted by atomic mass is 10.0. The molecule has 4 heteroatoms. The predicted molar refractivity (Wildman–Crippen MR) is 95.1 cm³/mol. The van der Waals surface area contributed by atoms with E-state index < -0.39 is 0 Å². The molecule has 24 heavy (non-hydrogen) atoms. The van der Waals surface area contributed by atoms with Crippen LogP contribution in [0.5, 0.6) is 0 Å². The molecule has 3 rings (SSSR count). The zero-order chi connectivity index (χ0) is 16.9. The number of aromatic nitrogens is 1. The molecule has 1 N–H and O–H groups in total. The molecule has 4 nitrogen and oxygen atoms in total. The van der Waals surface area contributed by atoms with Crippen LogP contribution in [0.25, 0.3) is 16.0 Å². The summed E-state index contributed by atoms with van der Waals surface area (Å²) >= 11 is 0. The maximum atomic E-state index is 12.2. The number of nitrogens with one attached hydrogen (secondary N) is 1. The lowest BCUT2D eigenvalue weighted by Gasteiger charge is -2.06. The molecule has 0 aliphatic rings. The number of carbonyl (C=O) groups excluding carboxylic acids is 1. The molecule has 0 radical (unpaired) electrons. The van der Waals surface area contributed by atoms with Gasteiger partial charge in [0.05, 0.1) is 6.57 Å². The van der Waals surface area contributed by atoms with E-state index in [1.54, 1.807) is 36.5 Å². The zero-order valence-electron chi connectivity index (χ0n) is 13.2. The molecular formula is C20H15N3O. The highest BCUT2D eigenvalue weighted by Gasteiger charge is 2.07. The van der Waals surface area contributed by atoms with Crippen LogP contribution in [-0.4, -0.2) is 10.9 Å². The smallest absolute Gasteiger partial charge is 0.256 e. The number of carbonyl (C=O) groups is 1. The van der Waals surface area contributed by atoms with Crippen molar-refractivity contribution >= 4 is 17.4 Å². The van der Waals surface area contributed by atoms with Crippen LogP contribution in [-0.2, 0) is 0 Å². The second-order valence-corrected chi connectivity index (χ2v) is 5.41. The van der Waals surface area contributed by atoms with Crippen molar-refractivity contribution in [2.45, 2.75) is 6.92 Å². The Hall–Kier alpha value is -3.45. The van der Waals surface area contributed by atoms with Crippen LogP contribution in [0.2, 0.25) is 0 Å². The summed E-state index contributed by atoms with van der Waals surface area (Å²) in [5, 5.41) is 2.78. The van der Waals surface area contributed by atoms with Gasteiger partial charge in [0.15, 0.2) is 5.69 Å². The van der Waals surface area contributed by atoms with Crippen molar-refractivity contribution in [2.75, 3.05) is 5.32 Å². The standard InChI is InChI=1S/C20H15N3O/c1-14-3-12-19(22-13-14)23-20(24)17-6-4-15(5-7-17)16-8-10-18(21-2)11-9-16/h3-13H,1H3,(H,22,23,24). The first-order chi connectivity index (χ1) is 11.7. The van der Waals surface area contributed by atoms with Crippen molar-refractivity contribution in [3.8, 4) is 11.1 Å². The molecule has 0 saturated heterocycles. The van der Waals surface area contributed by atoms with E-state index in [-0.39, 0.29) is 5.91 Å². The fourth-order valence-corrected chi connectivity index (χ4v) is 2.27. The first-order valence-corrected chi connectivity index (χ1v) is 7.48. The quantitative estimate of drug-likeness (QED) is 0.702. The van der Waals surface area contributed by atoms with Gasteiger partial charge in [-0.2, -0.15) is 0 Å². The van der Waals surface area contributed by atoms with Gasteiger partial charge in [-0.05, 0) is 41.8 Å². The number of pyridine rings is 1. The molecule has 0 atom stereocenters. The van der Waals surface area contributed by atoms with Crippen LogP contribution in [0.1, 0.15) is 15.9 Å². The van der Waals surface area contributed by atoms with Crippen LogP contribution in [0.15, 0.2) is 66.9 Å². The Labute approximate surface area is 140 Å². The van der Waals surface area contributed by atoms with E-state index in [0.717, 1.165) is 16.7 Å². The fraction of sp³-hybridized carbons (Fsp3) is 0.0500. The molecule has 0 spiro atoms. The molecule has 0 unspecified atom stereocenters. The molecule has 1 heterocycles. The van der Waals surface area contributed by atoms with Gasteiger partial charge in [-0.1, -0.05) is 42.5 Å². The van der Waals surface area contributed by atoms with E-state index in [4.69, 9.17) is 6.57 Å². The van der Waals surface area contributed by atoms with Gasteiger partial charge in [0.25, 0.3) is 5.91 Å². The van der Waals surface area contributed by atoms with Gasteiger partial charge in [-0.25, -0.2) is 9.83 Å². The van der Waals surface area contributed by atoms with Crippen molar-refractivity contribution in [2.24, 2.45) is 0 Å². The molecule has 1 amide bonds. The van der Waals surface area contributed by atoms with Gasteiger partial charge in [0.1, 0.15) is 5.82 Å². The third kappa shape index (κ3) is 3.47. The summed E-state index contributed by atoms with van der Waals surface area (Å²) in [4.78, 5) is 19.8. The van der Waals surface area contributed by atoms with E-state index in [1.807, 2.05) is 37.3 Å². The predicted octanol–water partition coefficient (Wildman–Crippen LogP) is 4.86. The van der Waals surface area contributed by atoms with Gasteiger partial charge < -0.3 is 5.32 Å². The molecule has 0 aliphatic heterocycles. The summed E-state index contributed by atoms with van der Waals surface area (Å²) < 4.78 is 0. The molecular weight excluding hydrogens is 298 g/mol. The number of hydrogen-bond acceptors (Lipinski definition) is 2. The number of hydrogen-bond donors (Lipinski definition) is 1. The molecule has 0 aliphatic carbocycles. The Kier molecular flexibility index (Phi) is 4.35. The number of rotatable bonds is 3. The normalized spacial score (nSPS) is 10.0. The summed E-state index contributed by atoms with van der Waals surface area (Å²) in [7, 11) is 0. The lowest BCUT2D eigenvalue weighted by Crippen LogP contribution is -2.12. The van der Waals surface area contributed by atoms with Gasteiger partial charge in [0, 0.05) is 11.8 Å². The minimum atomic E-state index is -0.193. The minimum Gasteiger partial charge on any atom is -0.307 e. The van der Waals surface area contributed by atoms with Gasteiger partial charge in [-0.15, -0.1) is 0 Å². The van der Waals surface area contributed by atoms with Crippen LogP contribution in [0.4, 0.5) is 11.5 Å². The number of benzene rings is 2. The largest absolute Gasteiger partial charge is 0.307 e. The molecule has 0 bridgehead atoms. The summed E-state index contributed by atoms with van der Waals surface area (Å²) in [5.41, 5.74) is 4.23. The van der Waals surface area contributed by atoms with E-state index >= 15 is 0 Å². The fourth-order valence-electron chi connectivity index (χ4n) is 2.27. The third-order valence-corrected chi connectivity index (χ3v) is 3.63. The number of amides is 1. The van der Waals surface area contributed by atoms with Crippen LogP contribution < -0.4 is 5.32 Å². The average molecular weight is 313 g/mol. The zero-order valence-corrected chi connectivity index (χ0v) is 13.2. The van der Waals surface area contributed by atoms with Crippen LogP contribution in [0, 0.1) is 13.5 Å². The van der Waals surface area contributed by atoms with Crippen LogP contribution in [0.3, 0.4) is 0 Å². The topological polar surface area (TPSA) is 46.4 Å². The van der Waals surface area contributed by atoms with Crippen LogP contribution >= 0.6 is 0 Å². The van der Waals surface area contributed by atoms with E-state index in [1.165, 1.54) is 0 Å². The maximum Gasteiger partial charge on any atom is 0.256 e. The Bertz CT molecular complexity index is 890. The minimum absolute atomic E-state index is 0.193. The summed E-state index contributed by atoms with van der Waals surface area (Å²) in [6.45, 7) is 8.92. The molecule has 1 aromatic heterocycles.